The lowest BCUT2D eigenvalue weighted by atomic mass is 9.95. The minimum absolute atomic E-state index is 0.0530. The highest BCUT2D eigenvalue weighted by atomic mass is 16.4. The van der Waals surface area contributed by atoms with E-state index in [1.165, 1.54) is 5.56 Å². The third-order valence-corrected chi connectivity index (χ3v) is 3.68. The van der Waals surface area contributed by atoms with Gasteiger partial charge in [-0.3, -0.25) is 4.79 Å². The molecule has 1 aliphatic carbocycles. The topological polar surface area (TPSA) is 77.2 Å². The van der Waals surface area contributed by atoms with Gasteiger partial charge >= 0.3 is 5.97 Å². The first kappa shape index (κ1) is 14.3. The molecule has 5 nitrogen and oxygen atoms in total. The van der Waals surface area contributed by atoms with Crippen molar-refractivity contribution in [2.45, 2.75) is 39.0 Å². The van der Waals surface area contributed by atoms with Crippen LogP contribution in [0.3, 0.4) is 0 Å². The molecule has 0 aromatic carbocycles. The normalized spacial score (nSPS) is 13.4. The van der Waals surface area contributed by atoms with Crippen molar-refractivity contribution in [2.24, 2.45) is 0 Å². The van der Waals surface area contributed by atoms with Crippen LogP contribution >= 0.6 is 0 Å². The molecule has 1 aromatic heterocycles. The maximum Gasteiger partial charge on any atom is 0.305 e. The van der Waals surface area contributed by atoms with Crippen LogP contribution < -0.4 is 4.90 Å². The number of carboxylic acids is 1. The first-order chi connectivity index (χ1) is 9.65. The van der Waals surface area contributed by atoms with Crippen molar-refractivity contribution in [3.8, 4) is 6.07 Å². The Morgan fingerprint density at radius 3 is 2.90 bits per heavy atom. The van der Waals surface area contributed by atoms with Gasteiger partial charge in [0.15, 0.2) is 0 Å². The SMILES string of the molecule is CCN(CCC(=O)O)c1nc2c(cc1C#N)CCCC2. The predicted molar refractivity (Wildman–Crippen MR) is 75.7 cm³/mol. The lowest BCUT2D eigenvalue weighted by Gasteiger charge is -2.25. The lowest BCUT2D eigenvalue weighted by molar-refractivity contribution is -0.136. The second kappa shape index (κ2) is 6.38. The van der Waals surface area contributed by atoms with E-state index in [1.807, 2.05) is 17.9 Å². The van der Waals surface area contributed by atoms with Gasteiger partial charge in [-0.2, -0.15) is 5.26 Å². The number of carboxylic acid groups (broad SMARTS) is 1. The number of carbonyl (C=O) groups is 1. The largest absolute Gasteiger partial charge is 0.481 e. The Kier molecular flexibility index (Phi) is 4.57. The van der Waals surface area contributed by atoms with Gasteiger partial charge in [-0.15, -0.1) is 0 Å². The van der Waals surface area contributed by atoms with Gasteiger partial charge in [0.05, 0.1) is 12.0 Å². The van der Waals surface area contributed by atoms with E-state index in [1.54, 1.807) is 0 Å². The molecule has 20 heavy (non-hydrogen) atoms. The second-order valence-electron chi connectivity index (χ2n) is 5.01. The van der Waals surface area contributed by atoms with Crippen molar-refractivity contribution < 1.29 is 9.90 Å². The summed E-state index contributed by atoms with van der Waals surface area (Å²) in [5, 5.41) is 18.1. The van der Waals surface area contributed by atoms with Crippen LogP contribution in [0.4, 0.5) is 5.82 Å². The van der Waals surface area contributed by atoms with Crippen molar-refractivity contribution in [2.75, 3.05) is 18.0 Å². The van der Waals surface area contributed by atoms with Crippen LogP contribution in [0, 0.1) is 11.3 Å². The maximum atomic E-state index is 10.7. The van der Waals surface area contributed by atoms with E-state index in [9.17, 15) is 10.1 Å². The zero-order chi connectivity index (χ0) is 14.5. The van der Waals surface area contributed by atoms with E-state index in [2.05, 4.69) is 11.1 Å². The summed E-state index contributed by atoms with van der Waals surface area (Å²) < 4.78 is 0. The summed E-state index contributed by atoms with van der Waals surface area (Å²) in [4.78, 5) is 17.2. The third kappa shape index (κ3) is 3.08. The Hall–Kier alpha value is -2.09. The molecule has 1 heterocycles. The van der Waals surface area contributed by atoms with Crippen LogP contribution in [0.2, 0.25) is 0 Å². The van der Waals surface area contributed by atoms with E-state index in [0.717, 1.165) is 31.4 Å². The van der Waals surface area contributed by atoms with E-state index >= 15 is 0 Å². The molecule has 0 bridgehead atoms. The fourth-order valence-corrected chi connectivity index (χ4v) is 2.59. The molecule has 0 spiro atoms. The number of fused-ring (bicyclic) bond motifs is 1. The third-order valence-electron chi connectivity index (χ3n) is 3.68. The van der Waals surface area contributed by atoms with Crippen molar-refractivity contribution >= 4 is 11.8 Å². The smallest absolute Gasteiger partial charge is 0.305 e. The fraction of sp³-hybridized carbons (Fsp3) is 0.533. The van der Waals surface area contributed by atoms with Gasteiger partial charge in [0, 0.05) is 18.8 Å². The maximum absolute atomic E-state index is 10.7. The molecule has 5 heteroatoms. The van der Waals surface area contributed by atoms with E-state index < -0.39 is 5.97 Å². The highest BCUT2D eigenvalue weighted by Gasteiger charge is 2.18. The molecule has 0 atom stereocenters. The lowest BCUT2D eigenvalue weighted by Crippen LogP contribution is -2.28. The van der Waals surface area contributed by atoms with Crippen molar-refractivity contribution in [1.82, 2.24) is 4.98 Å². The highest BCUT2D eigenvalue weighted by molar-refractivity contribution is 5.68. The van der Waals surface area contributed by atoms with Gasteiger partial charge < -0.3 is 10.0 Å². The number of pyridine rings is 1. The van der Waals surface area contributed by atoms with Crippen molar-refractivity contribution in [1.29, 1.82) is 5.26 Å². The van der Waals surface area contributed by atoms with Crippen molar-refractivity contribution in [3.05, 3.63) is 22.9 Å². The molecule has 1 N–H and O–H groups in total. The fourth-order valence-electron chi connectivity index (χ4n) is 2.59. The van der Waals surface area contributed by atoms with Crippen LogP contribution in [0.5, 0.6) is 0 Å². The summed E-state index contributed by atoms with van der Waals surface area (Å²) in [7, 11) is 0. The molecule has 0 fully saturated rings. The molecular formula is C15H19N3O2. The minimum atomic E-state index is -0.833. The van der Waals surface area contributed by atoms with Crippen LogP contribution in [0.15, 0.2) is 6.07 Å². The van der Waals surface area contributed by atoms with Gasteiger partial charge in [0.2, 0.25) is 0 Å². The summed E-state index contributed by atoms with van der Waals surface area (Å²) in [6.07, 6.45) is 4.27. The zero-order valence-electron chi connectivity index (χ0n) is 11.7. The van der Waals surface area contributed by atoms with Gasteiger partial charge in [-0.1, -0.05) is 0 Å². The molecule has 0 amide bonds. The summed E-state index contributed by atoms with van der Waals surface area (Å²) in [6.45, 7) is 2.98. The molecule has 0 aliphatic heterocycles. The van der Waals surface area contributed by atoms with Gasteiger partial charge in [0.25, 0.3) is 0 Å². The molecular weight excluding hydrogens is 254 g/mol. The Morgan fingerprint density at radius 1 is 1.50 bits per heavy atom. The standard InChI is InChI=1S/C15H19N3O2/c1-2-18(8-7-14(19)20)15-12(10-16)9-11-5-3-4-6-13(11)17-15/h9H,2-8H2,1H3,(H,19,20). The number of aliphatic carboxylic acids is 1. The van der Waals surface area contributed by atoms with Crippen LogP contribution in [-0.4, -0.2) is 29.1 Å². The quantitative estimate of drug-likeness (QED) is 0.889. The number of nitriles is 1. The van der Waals surface area contributed by atoms with Crippen LogP contribution in [0.25, 0.3) is 0 Å². The van der Waals surface area contributed by atoms with E-state index in [-0.39, 0.29) is 6.42 Å². The molecule has 0 radical (unpaired) electrons. The number of rotatable bonds is 5. The number of aryl methyl sites for hydroxylation is 2. The molecule has 0 saturated heterocycles. The number of anilines is 1. The van der Waals surface area contributed by atoms with Gasteiger partial charge in [-0.05, 0) is 44.2 Å². The summed E-state index contributed by atoms with van der Waals surface area (Å²) >= 11 is 0. The Labute approximate surface area is 118 Å². The van der Waals surface area contributed by atoms with E-state index in [4.69, 9.17) is 5.11 Å². The number of hydrogen-bond donors (Lipinski definition) is 1. The molecule has 0 saturated carbocycles. The Balaban J connectivity index is 2.33. The monoisotopic (exact) mass is 273 g/mol. The minimum Gasteiger partial charge on any atom is -0.481 e. The molecule has 2 rings (SSSR count). The zero-order valence-corrected chi connectivity index (χ0v) is 11.7. The molecule has 1 aliphatic rings. The predicted octanol–water partition coefficient (Wildman–Crippen LogP) is 2.13. The number of hydrogen-bond acceptors (Lipinski definition) is 4. The molecule has 1 aromatic rings. The average molecular weight is 273 g/mol. The van der Waals surface area contributed by atoms with Crippen LogP contribution in [0.1, 0.15) is 43.0 Å². The summed E-state index contributed by atoms with van der Waals surface area (Å²) in [6, 6.07) is 4.13. The highest BCUT2D eigenvalue weighted by Crippen LogP contribution is 2.26. The summed E-state index contributed by atoms with van der Waals surface area (Å²) in [5.41, 5.74) is 2.79. The Morgan fingerprint density at radius 2 is 2.25 bits per heavy atom. The first-order valence-electron chi connectivity index (χ1n) is 7.05. The number of aromatic nitrogens is 1. The van der Waals surface area contributed by atoms with Crippen LogP contribution in [-0.2, 0) is 17.6 Å². The summed E-state index contributed by atoms with van der Waals surface area (Å²) in [5.74, 6) is -0.197. The first-order valence-corrected chi connectivity index (χ1v) is 7.05. The average Bonchev–Trinajstić information content (AvgIpc) is 2.46. The van der Waals surface area contributed by atoms with Gasteiger partial charge in [-0.25, -0.2) is 4.98 Å². The Bertz CT molecular complexity index is 549. The van der Waals surface area contributed by atoms with E-state index in [0.29, 0.717) is 24.5 Å². The van der Waals surface area contributed by atoms with Gasteiger partial charge in [0.1, 0.15) is 11.9 Å². The van der Waals surface area contributed by atoms with Crippen molar-refractivity contribution in [3.63, 3.8) is 0 Å². The molecule has 0 unspecified atom stereocenters. The molecule has 106 valence electrons. The number of nitrogens with zero attached hydrogens (tertiary/aromatic N) is 3. The second-order valence-corrected chi connectivity index (χ2v) is 5.01.